The fraction of sp³-hybridized carbons (Fsp3) is 0.143. The second-order valence-corrected chi connectivity index (χ2v) is 7.29. The maximum absolute atomic E-state index is 13.1. The lowest BCUT2D eigenvalue weighted by molar-refractivity contribution is 0.310. The van der Waals surface area contributed by atoms with E-state index in [1.54, 1.807) is 12.1 Å². The minimum absolute atomic E-state index is 0.0325. The summed E-state index contributed by atoms with van der Waals surface area (Å²) in [4.78, 5) is 6.43. The van der Waals surface area contributed by atoms with Crippen LogP contribution in [-0.4, -0.2) is 27.4 Å². The number of aliphatic hydroxyl groups excluding tert-OH is 1. The standard InChI is InChI=1S/C21H18FN3OS/c1-13(14-5-3-2-4-6-14)25-11-18(26)19(20(25)23)21-24-17(12-27-21)15-7-9-16(22)10-8-15/h2-10,12-13,23,26H,11H2,1H3/t13-/m0/s1. The zero-order valence-electron chi connectivity index (χ0n) is 14.7. The first kappa shape index (κ1) is 17.4. The Labute approximate surface area is 160 Å². The van der Waals surface area contributed by atoms with Gasteiger partial charge in [-0.15, -0.1) is 11.3 Å². The van der Waals surface area contributed by atoms with Crippen LogP contribution in [-0.2, 0) is 0 Å². The van der Waals surface area contributed by atoms with Crippen molar-refractivity contribution in [2.24, 2.45) is 0 Å². The molecule has 0 bridgehead atoms. The maximum Gasteiger partial charge on any atom is 0.135 e. The van der Waals surface area contributed by atoms with Crippen molar-refractivity contribution in [1.29, 1.82) is 5.41 Å². The number of nitrogens with one attached hydrogen (secondary N) is 1. The highest BCUT2D eigenvalue weighted by Crippen LogP contribution is 2.35. The Kier molecular flexibility index (Phi) is 4.49. The smallest absolute Gasteiger partial charge is 0.135 e. The van der Waals surface area contributed by atoms with Crippen LogP contribution in [0.4, 0.5) is 4.39 Å². The van der Waals surface area contributed by atoms with Crippen molar-refractivity contribution in [3.8, 4) is 11.3 Å². The lowest BCUT2D eigenvalue weighted by Gasteiger charge is -2.26. The van der Waals surface area contributed by atoms with Crippen molar-refractivity contribution >= 4 is 22.7 Å². The van der Waals surface area contributed by atoms with Crippen LogP contribution >= 0.6 is 11.3 Å². The Morgan fingerprint density at radius 1 is 1.15 bits per heavy atom. The van der Waals surface area contributed by atoms with E-state index in [9.17, 15) is 9.50 Å². The number of halogens is 1. The molecule has 1 atom stereocenters. The number of amidine groups is 1. The van der Waals surface area contributed by atoms with Crippen LogP contribution in [0.1, 0.15) is 23.5 Å². The fourth-order valence-corrected chi connectivity index (χ4v) is 4.10. The summed E-state index contributed by atoms with van der Waals surface area (Å²) in [5.74, 6) is 0.129. The molecule has 0 spiro atoms. The molecular weight excluding hydrogens is 361 g/mol. The van der Waals surface area contributed by atoms with Gasteiger partial charge in [-0.2, -0.15) is 0 Å². The predicted octanol–water partition coefficient (Wildman–Crippen LogP) is 5.27. The monoisotopic (exact) mass is 379 g/mol. The molecule has 0 unspecified atom stereocenters. The number of nitrogens with zero attached hydrogens (tertiary/aromatic N) is 2. The molecule has 1 aromatic heterocycles. The molecule has 2 N–H and O–H groups in total. The number of benzene rings is 2. The summed E-state index contributed by atoms with van der Waals surface area (Å²) >= 11 is 1.37. The lowest BCUT2D eigenvalue weighted by atomic mass is 10.1. The van der Waals surface area contributed by atoms with Gasteiger partial charge in [-0.05, 0) is 36.8 Å². The summed E-state index contributed by atoms with van der Waals surface area (Å²) in [6.45, 7) is 2.31. The van der Waals surface area contributed by atoms with E-state index in [1.807, 2.05) is 47.5 Å². The number of thiazole rings is 1. The zero-order chi connectivity index (χ0) is 19.0. The highest BCUT2D eigenvalue weighted by atomic mass is 32.1. The van der Waals surface area contributed by atoms with Gasteiger partial charge in [0, 0.05) is 10.9 Å². The molecule has 4 nitrogen and oxygen atoms in total. The number of aromatic nitrogens is 1. The number of hydrogen-bond acceptors (Lipinski definition) is 4. The molecular formula is C21H18FN3OS. The summed E-state index contributed by atoms with van der Waals surface area (Å²) in [7, 11) is 0. The Bertz CT molecular complexity index is 1010. The van der Waals surface area contributed by atoms with Crippen molar-refractivity contribution in [2.45, 2.75) is 13.0 Å². The van der Waals surface area contributed by atoms with Crippen molar-refractivity contribution < 1.29 is 9.50 Å². The normalized spacial score (nSPS) is 15.5. The molecule has 0 saturated carbocycles. The largest absolute Gasteiger partial charge is 0.510 e. The van der Waals surface area contributed by atoms with E-state index < -0.39 is 0 Å². The summed E-state index contributed by atoms with van der Waals surface area (Å²) in [5, 5.41) is 21.5. The zero-order valence-corrected chi connectivity index (χ0v) is 15.5. The van der Waals surface area contributed by atoms with Crippen LogP contribution in [0.25, 0.3) is 16.8 Å². The van der Waals surface area contributed by atoms with Crippen molar-refractivity contribution in [3.05, 3.63) is 82.1 Å². The van der Waals surface area contributed by atoms with Gasteiger partial charge in [0.05, 0.1) is 23.9 Å². The van der Waals surface area contributed by atoms with Gasteiger partial charge in [0.1, 0.15) is 22.4 Å². The molecule has 2 aromatic carbocycles. The molecule has 0 aliphatic carbocycles. The van der Waals surface area contributed by atoms with Gasteiger partial charge in [0.15, 0.2) is 0 Å². The van der Waals surface area contributed by atoms with E-state index in [0.717, 1.165) is 11.1 Å². The van der Waals surface area contributed by atoms with Crippen molar-refractivity contribution in [1.82, 2.24) is 9.88 Å². The van der Waals surface area contributed by atoms with Crippen molar-refractivity contribution in [2.75, 3.05) is 6.54 Å². The Morgan fingerprint density at radius 3 is 2.56 bits per heavy atom. The van der Waals surface area contributed by atoms with E-state index in [1.165, 1.54) is 23.5 Å². The van der Waals surface area contributed by atoms with Gasteiger partial charge in [-0.1, -0.05) is 30.3 Å². The first-order chi connectivity index (χ1) is 13.0. The van der Waals surface area contributed by atoms with Gasteiger partial charge >= 0.3 is 0 Å². The molecule has 1 aliphatic rings. The summed E-state index contributed by atoms with van der Waals surface area (Å²) in [6.07, 6.45) is 0. The Morgan fingerprint density at radius 2 is 1.85 bits per heavy atom. The average Bonchev–Trinajstić information content (AvgIpc) is 3.27. The van der Waals surface area contributed by atoms with Gasteiger partial charge < -0.3 is 10.0 Å². The average molecular weight is 379 g/mol. The summed E-state index contributed by atoms with van der Waals surface area (Å²) in [5.41, 5.74) is 3.06. The van der Waals surface area contributed by atoms with Gasteiger partial charge in [-0.25, -0.2) is 9.37 Å². The van der Waals surface area contributed by atoms with Crippen LogP contribution in [0, 0.1) is 11.2 Å². The van der Waals surface area contributed by atoms with Crippen LogP contribution in [0.2, 0.25) is 0 Å². The van der Waals surface area contributed by atoms with Crippen molar-refractivity contribution in [3.63, 3.8) is 0 Å². The molecule has 0 radical (unpaired) electrons. The topological polar surface area (TPSA) is 60.2 Å². The van der Waals surface area contributed by atoms with E-state index in [2.05, 4.69) is 4.98 Å². The second-order valence-electron chi connectivity index (χ2n) is 6.43. The van der Waals surface area contributed by atoms with Crippen LogP contribution in [0.5, 0.6) is 0 Å². The number of aliphatic hydroxyl groups is 1. The number of rotatable bonds is 4. The quantitative estimate of drug-likeness (QED) is 0.649. The molecule has 4 rings (SSSR count). The lowest BCUT2D eigenvalue weighted by Crippen LogP contribution is -2.29. The van der Waals surface area contributed by atoms with E-state index in [4.69, 9.17) is 5.41 Å². The van der Waals surface area contributed by atoms with Crippen LogP contribution in [0.15, 0.2) is 65.7 Å². The third kappa shape index (κ3) is 3.24. The molecule has 27 heavy (non-hydrogen) atoms. The van der Waals surface area contributed by atoms with Gasteiger partial charge in [0.25, 0.3) is 0 Å². The summed E-state index contributed by atoms with van der Waals surface area (Å²) < 4.78 is 13.1. The summed E-state index contributed by atoms with van der Waals surface area (Å²) in [6, 6.07) is 16.0. The molecule has 136 valence electrons. The SMILES string of the molecule is C[C@@H](c1ccccc1)N1CC(O)=C(c2nc(-c3ccc(F)cc3)cs2)C1=N. The maximum atomic E-state index is 13.1. The van der Waals surface area contributed by atoms with Crippen LogP contribution < -0.4 is 0 Å². The van der Waals surface area contributed by atoms with Crippen LogP contribution in [0.3, 0.4) is 0 Å². The molecule has 0 saturated heterocycles. The Balaban J connectivity index is 1.60. The molecule has 0 amide bonds. The first-order valence-electron chi connectivity index (χ1n) is 8.59. The molecule has 0 fully saturated rings. The first-order valence-corrected chi connectivity index (χ1v) is 9.47. The van der Waals surface area contributed by atoms with Gasteiger partial charge in [-0.3, -0.25) is 5.41 Å². The highest BCUT2D eigenvalue weighted by molar-refractivity contribution is 7.11. The van der Waals surface area contributed by atoms with Gasteiger partial charge in [0.2, 0.25) is 0 Å². The van der Waals surface area contributed by atoms with E-state index in [-0.39, 0.29) is 30.0 Å². The number of hydrogen-bond donors (Lipinski definition) is 2. The third-order valence-corrected chi connectivity index (χ3v) is 5.60. The Hall–Kier alpha value is -2.99. The highest BCUT2D eigenvalue weighted by Gasteiger charge is 2.33. The third-order valence-electron chi connectivity index (χ3n) is 4.74. The fourth-order valence-electron chi connectivity index (χ4n) is 3.21. The second kappa shape index (κ2) is 6.96. The van der Waals surface area contributed by atoms with E-state index in [0.29, 0.717) is 16.3 Å². The molecule has 6 heteroatoms. The molecule has 3 aromatic rings. The predicted molar refractivity (Wildman–Crippen MR) is 106 cm³/mol. The minimum atomic E-state index is -0.294. The molecule has 1 aliphatic heterocycles. The minimum Gasteiger partial charge on any atom is -0.510 e. The molecule has 2 heterocycles. The van der Waals surface area contributed by atoms with E-state index >= 15 is 0 Å².